The van der Waals surface area contributed by atoms with E-state index in [0.29, 0.717) is 13.1 Å². The van der Waals surface area contributed by atoms with Crippen LogP contribution in [0.4, 0.5) is 0 Å². The maximum atomic E-state index is 12.3. The van der Waals surface area contributed by atoms with Gasteiger partial charge in [-0.1, -0.05) is 6.92 Å². The average molecular weight is 305 g/mol. The largest absolute Gasteiger partial charge is 0.335 e. The second kappa shape index (κ2) is 6.08. The van der Waals surface area contributed by atoms with Crippen molar-refractivity contribution < 1.29 is 9.59 Å². The monoisotopic (exact) mass is 305 g/mol. The molecule has 3 rings (SSSR count). The fourth-order valence-corrected chi connectivity index (χ4v) is 3.26. The van der Waals surface area contributed by atoms with Crippen LogP contribution in [-0.2, 0) is 22.7 Å². The lowest BCUT2D eigenvalue weighted by Crippen LogP contribution is -2.66. The Balaban J connectivity index is 1.69. The minimum Gasteiger partial charge on any atom is -0.335 e. The summed E-state index contributed by atoms with van der Waals surface area (Å²) in [5.74, 6) is 1.12. The van der Waals surface area contributed by atoms with E-state index in [9.17, 15) is 9.59 Å². The summed E-state index contributed by atoms with van der Waals surface area (Å²) in [5.41, 5.74) is 0. The predicted octanol–water partition coefficient (Wildman–Crippen LogP) is -0.222. The van der Waals surface area contributed by atoms with Crippen molar-refractivity contribution >= 4 is 11.8 Å². The number of amides is 2. The lowest BCUT2D eigenvalue weighted by atomic mass is 10.1. The number of hydrogen-bond donors (Lipinski definition) is 0. The SMILES string of the molecule is CCCn1ccnc1CN1CCN2C(=O)CN(C)C(=O)[C@H]2C1. The summed E-state index contributed by atoms with van der Waals surface area (Å²) in [6, 6.07) is -0.338. The average Bonchev–Trinajstić information content (AvgIpc) is 2.92. The van der Waals surface area contributed by atoms with Gasteiger partial charge in [-0.2, -0.15) is 0 Å². The van der Waals surface area contributed by atoms with Crippen LogP contribution in [0.25, 0.3) is 0 Å². The van der Waals surface area contributed by atoms with Crippen molar-refractivity contribution in [3.8, 4) is 0 Å². The minimum absolute atomic E-state index is 0.0428. The Morgan fingerprint density at radius 3 is 2.91 bits per heavy atom. The number of piperazine rings is 2. The van der Waals surface area contributed by atoms with E-state index < -0.39 is 0 Å². The normalized spacial score (nSPS) is 23.1. The van der Waals surface area contributed by atoms with Crippen molar-refractivity contribution in [3.63, 3.8) is 0 Å². The Bertz CT molecular complexity index is 570. The third-order valence-corrected chi connectivity index (χ3v) is 4.45. The Labute approximate surface area is 130 Å². The molecular weight excluding hydrogens is 282 g/mol. The van der Waals surface area contributed by atoms with Crippen LogP contribution in [0.1, 0.15) is 19.2 Å². The predicted molar refractivity (Wildman–Crippen MR) is 80.9 cm³/mol. The van der Waals surface area contributed by atoms with Crippen molar-refractivity contribution in [2.75, 3.05) is 33.2 Å². The van der Waals surface area contributed by atoms with Gasteiger partial charge in [0.25, 0.3) is 0 Å². The molecule has 1 aromatic rings. The molecular formula is C15H23N5O2. The Morgan fingerprint density at radius 1 is 1.32 bits per heavy atom. The molecule has 120 valence electrons. The summed E-state index contributed by atoms with van der Waals surface area (Å²) >= 11 is 0. The number of rotatable bonds is 4. The van der Waals surface area contributed by atoms with Crippen LogP contribution in [-0.4, -0.2) is 75.3 Å². The van der Waals surface area contributed by atoms with Crippen LogP contribution in [0.3, 0.4) is 0 Å². The van der Waals surface area contributed by atoms with Crippen LogP contribution in [0.2, 0.25) is 0 Å². The van der Waals surface area contributed by atoms with Crippen molar-refractivity contribution in [1.29, 1.82) is 0 Å². The van der Waals surface area contributed by atoms with Gasteiger partial charge in [0.1, 0.15) is 11.9 Å². The number of aromatic nitrogens is 2. The highest BCUT2D eigenvalue weighted by atomic mass is 16.2. The maximum absolute atomic E-state index is 12.3. The van der Waals surface area contributed by atoms with Gasteiger partial charge in [-0.15, -0.1) is 0 Å². The van der Waals surface area contributed by atoms with E-state index in [1.54, 1.807) is 11.9 Å². The zero-order chi connectivity index (χ0) is 15.7. The third kappa shape index (κ3) is 2.72. The molecule has 2 aliphatic rings. The summed E-state index contributed by atoms with van der Waals surface area (Å²) in [4.78, 5) is 34.3. The summed E-state index contributed by atoms with van der Waals surface area (Å²) in [7, 11) is 1.70. The molecule has 0 bridgehead atoms. The molecule has 2 aliphatic heterocycles. The Morgan fingerprint density at radius 2 is 2.14 bits per heavy atom. The third-order valence-electron chi connectivity index (χ3n) is 4.45. The number of nitrogens with zero attached hydrogens (tertiary/aromatic N) is 5. The first-order valence-electron chi connectivity index (χ1n) is 7.87. The van der Waals surface area contributed by atoms with Crippen molar-refractivity contribution in [1.82, 2.24) is 24.3 Å². The molecule has 0 N–H and O–H groups in total. The van der Waals surface area contributed by atoms with Gasteiger partial charge in [0, 0.05) is 45.6 Å². The van der Waals surface area contributed by atoms with Gasteiger partial charge in [0.15, 0.2) is 0 Å². The molecule has 0 aromatic carbocycles. The van der Waals surface area contributed by atoms with Crippen LogP contribution in [0, 0.1) is 0 Å². The highest BCUT2D eigenvalue weighted by Crippen LogP contribution is 2.18. The number of aryl methyl sites for hydroxylation is 1. The molecule has 0 saturated carbocycles. The highest BCUT2D eigenvalue weighted by Gasteiger charge is 2.41. The van der Waals surface area contributed by atoms with Gasteiger partial charge < -0.3 is 14.4 Å². The fourth-order valence-electron chi connectivity index (χ4n) is 3.26. The topological polar surface area (TPSA) is 61.7 Å². The van der Waals surface area contributed by atoms with Gasteiger partial charge in [0.05, 0.1) is 13.1 Å². The number of hydrogen-bond acceptors (Lipinski definition) is 4. The van der Waals surface area contributed by atoms with Crippen LogP contribution in [0.5, 0.6) is 0 Å². The van der Waals surface area contributed by atoms with E-state index in [1.807, 2.05) is 12.4 Å². The first-order chi connectivity index (χ1) is 10.6. The van der Waals surface area contributed by atoms with Crippen LogP contribution in [0.15, 0.2) is 12.4 Å². The minimum atomic E-state index is -0.338. The summed E-state index contributed by atoms with van der Waals surface area (Å²) in [6.45, 7) is 6.03. The molecule has 2 saturated heterocycles. The summed E-state index contributed by atoms with van der Waals surface area (Å²) in [5, 5.41) is 0. The first kappa shape index (κ1) is 15.0. The van der Waals surface area contributed by atoms with Gasteiger partial charge in [0.2, 0.25) is 11.8 Å². The first-order valence-corrected chi connectivity index (χ1v) is 7.87. The van der Waals surface area contributed by atoms with Gasteiger partial charge in [-0.25, -0.2) is 4.98 Å². The molecule has 1 aromatic heterocycles. The smallest absolute Gasteiger partial charge is 0.246 e. The van der Waals surface area contributed by atoms with Gasteiger partial charge in [-0.05, 0) is 6.42 Å². The molecule has 2 fully saturated rings. The highest BCUT2D eigenvalue weighted by molar-refractivity contribution is 5.95. The molecule has 0 spiro atoms. The van der Waals surface area contributed by atoms with E-state index in [4.69, 9.17) is 0 Å². The molecule has 7 nitrogen and oxygen atoms in total. The second-order valence-electron chi connectivity index (χ2n) is 6.07. The maximum Gasteiger partial charge on any atom is 0.246 e. The molecule has 22 heavy (non-hydrogen) atoms. The number of likely N-dealkylation sites (N-methyl/N-ethyl adjacent to an activating group) is 1. The fraction of sp³-hybridized carbons (Fsp3) is 0.667. The van der Waals surface area contributed by atoms with E-state index in [0.717, 1.165) is 31.9 Å². The van der Waals surface area contributed by atoms with E-state index in [-0.39, 0.29) is 24.4 Å². The zero-order valence-electron chi connectivity index (χ0n) is 13.2. The molecule has 3 heterocycles. The van der Waals surface area contributed by atoms with Crippen LogP contribution < -0.4 is 0 Å². The van der Waals surface area contributed by atoms with Gasteiger partial charge in [-0.3, -0.25) is 14.5 Å². The quantitative estimate of drug-likeness (QED) is 0.771. The van der Waals surface area contributed by atoms with Crippen LogP contribution >= 0.6 is 0 Å². The van der Waals surface area contributed by atoms with E-state index in [1.165, 1.54) is 4.90 Å². The molecule has 0 unspecified atom stereocenters. The molecule has 0 aliphatic carbocycles. The lowest BCUT2D eigenvalue weighted by Gasteiger charge is -2.45. The standard InChI is InChI=1S/C15H23N5O2/c1-3-5-19-6-4-16-13(19)10-18-7-8-20-12(9-18)15(22)17(2)11-14(20)21/h4,6,12H,3,5,7-11H2,1-2H3/t12-/m1/s1. The van der Waals surface area contributed by atoms with Gasteiger partial charge >= 0.3 is 0 Å². The Hall–Kier alpha value is -1.89. The van der Waals surface area contributed by atoms with E-state index >= 15 is 0 Å². The zero-order valence-corrected chi connectivity index (χ0v) is 13.2. The molecule has 7 heteroatoms. The molecule has 0 radical (unpaired) electrons. The second-order valence-corrected chi connectivity index (χ2v) is 6.07. The number of carbonyl (C=O) groups excluding carboxylic acids is 2. The number of fused-ring (bicyclic) bond motifs is 1. The number of imidazole rings is 1. The van der Waals surface area contributed by atoms with Crippen molar-refractivity contribution in [2.24, 2.45) is 0 Å². The van der Waals surface area contributed by atoms with E-state index in [2.05, 4.69) is 21.4 Å². The summed E-state index contributed by atoms with van der Waals surface area (Å²) < 4.78 is 2.16. The Kier molecular flexibility index (Phi) is 4.15. The van der Waals surface area contributed by atoms with Crippen molar-refractivity contribution in [3.05, 3.63) is 18.2 Å². The molecule has 1 atom stereocenters. The molecule has 2 amide bonds. The number of carbonyl (C=O) groups is 2. The summed E-state index contributed by atoms with van der Waals surface area (Å²) in [6.07, 6.45) is 4.89. The van der Waals surface area contributed by atoms with Crippen molar-refractivity contribution in [2.45, 2.75) is 32.5 Å². The lowest BCUT2D eigenvalue weighted by molar-refractivity contribution is -0.158.